The van der Waals surface area contributed by atoms with Gasteiger partial charge in [0.15, 0.2) is 0 Å². The van der Waals surface area contributed by atoms with Gasteiger partial charge in [0.25, 0.3) is 0 Å². The fourth-order valence-electron chi connectivity index (χ4n) is 4.36. The summed E-state index contributed by atoms with van der Waals surface area (Å²) in [6.07, 6.45) is 0. The predicted molar refractivity (Wildman–Crippen MR) is 170 cm³/mol. The molecule has 6 rings (SSSR count). The van der Waals surface area contributed by atoms with Crippen molar-refractivity contribution in [2.75, 3.05) is 0 Å². The average Bonchev–Trinajstić information content (AvgIpc) is 3.01. The predicted octanol–water partition coefficient (Wildman–Crippen LogP) is -2.10. The van der Waals surface area contributed by atoms with Crippen molar-refractivity contribution >= 4 is 47.7 Å². The third-order valence-electron chi connectivity index (χ3n) is 6.09. The summed E-state index contributed by atoms with van der Waals surface area (Å²) < 4.78 is 0. The first kappa shape index (κ1) is 37.7. The first-order valence-electron chi connectivity index (χ1n) is 12.8. The zero-order chi connectivity index (χ0) is 25.8. The minimum absolute atomic E-state index is 0. The fraction of sp³-hybridized carbons (Fsp3) is 0. The molecule has 0 aromatic heterocycles. The van der Waals surface area contributed by atoms with Gasteiger partial charge in [-0.2, -0.15) is 0 Å². The normalized spacial score (nSPS) is 9.57. The van der Waals surface area contributed by atoms with Gasteiger partial charge in [0, 0.05) is 20.4 Å². The van der Waals surface area contributed by atoms with E-state index in [9.17, 15) is 0 Å². The van der Waals surface area contributed by atoms with E-state index in [-0.39, 0.29) is 57.6 Å². The molecular weight excluding hydrogens is 707 g/mol. The molecule has 0 amide bonds. The molecule has 0 N–H and O–H groups in total. The van der Waals surface area contributed by atoms with Crippen LogP contribution < -0.4 is 69.0 Å². The minimum atomic E-state index is -0.446. The maximum Gasteiger partial charge on any atom is 0 e. The number of halogens is 3. The molecule has 0 aliphatic carbocycles. The fourth-order valence-corrected chi connectivity index (χ4v) is 8.97. The summed E-state index contributed by atoms with van der Waals surface area (Å²) in [5.41, 5.74) is 0. The number of rotatable bonds is 6. The van der Waals surface area contributed by atoms with Gasteiger partial charge >= 0.3 is 0 Å². The second-order valence-electron chi connectivity index (χ2n) is 8.68. The van der Waals surface area contributed by atoms with Gasteiger partial charge < -0.3 is 37.2 Å². The molecule has 0 saturated carbocycles. The van der Waals surface area contributed by atoms with Crippen LogP contribution >= 0.6 is 15.8 Å². The Labute approximate surface area is 285 Å². The standard InChI is InChI=1S/2C18H15P.3ClH.Pd/c2*1-4-10-16(11-5-1)19(17-12-6-2-7-13-17)18-14-8-3-9-15-18;;;;/h2*1-15H;3*1H;/p-3. The van der Waals surface area contributed by atoms with E-state index in [0.29, 0.717) is 0 Å². The third-order valence-corrected chi connectivity index (χ3v) is 11.0. The molecule has 0 spiro atoms. The largest absolute Gasteiger partial charge is 1.00 e. The number of benzene rings is 6. The second kappa shape index (κ2) is 20.6. The van der Waals surface area contributed by atoms with E-state index in [1.165, 1.54) is 31.8 Å². The Bertz CT molecular complexity index is 1190. The smallest absolute Gasteiger partial charge is 0 e. The molecule has 218 valence electrons. The summed E-state index contributed by atoms with van der Waals surface area (Å²) in [6.45, 7) is 0. The van der Waals surface area contributed by atoms with Crippen LogP contribution in [0.3, 0.4) is 0 Å². The van der Waals surface area contributed by atoms with Crippen molar-refractivity contribution < 1.29 is 57.6 Å². The van der Waals surface area contributed by atoms with Crippen molar-refractivity contribution in [2.24, 2.45) is 0 Å². The van der Waals surface area contributed by atoms with Crippen LogP contribution in [0.2, 0.25) is 0 Å². The molecule has 0 nitrogen and oxygen atoms in total. The molecular formula is C36H30Cl3P2Pd-3. The molecule has 0 fully saturated rings. The molecule has 0 saturated heterocycles. The maximum absolute atomic E-state index is 2.23. The van der Waals surface area contributed by atoms with E-state index in [0.717, 1.165) is 0 Å². The van der Waals surface area contributed by atoms with E-state index < -0.39 is 15.8 Å². The van der Waals surface area contributed by atoms with Crippen LogP contribution in [0.15, 0.2) is 182 Å². The summed E-state index contributed by atoms with van der Waals surface area (Å²) in [7, 11) is -0.892. The molecule has 0 aliphatic heterocycles. The summed E-state index contributed by atoms with van der Waals surface area (Å²) in [6, 6.07) is 64.7. The minimum Gasteiger partial charge on any atom is -1.00 e. The van der Waals surface area contributed by atoms with Gasteiger partial charge in [-0.3, -0.25) is 0 Å². The Morgan fingerprint density at radius 3 is 0.452 bits per heavy atom. The van der Waals surface area contributed by atoms with Gasteiger partial charge in [0.2, 0.25) is 0 Å². The summed E-state index contributed by atoms with van der Waals surface area (Å²) in [5, 5.41) is 8.39. The Morgan fingerprint density at radius 2 is 0.333 bits per heavy atom. The second-order valence-corrected chi connectivity index (χ2v) is 13.1. The summed E-state index contributed by atoms with van der Waals surface area (Å²) in [4.78, 5) is 0. The van der Waals surface area contributed by atoms with Crippen molar-refractivity contribution in [1.82, 2.24) is 0 Å². The zero-order valence-corrected chi connectivity index (χ0v) is 28.3. The summed E-state index contributed by atoms with van der Waals surface area (Å²) >= 11 is 0. The van der Waals surface area contributed by atoms with E-state index >= 15 is 0 Å². The number of hydrogen-bond donors (Lipinski definition) is 0. The van der Waals surface area contributed by atoms with E-state index in [2.05, 4.69) is 182 Å². The SMILES string of the molecule is [Cl-].[Cl-].[Cl-].[Pd].c1ccc(P(c2ccccc2)c2ccccc2)cc1.c1ccc(P(c2ccccc2)c2ccccc2)cc1. The molecule has 6 heteroatoms. The molecule has 0 bridgehead atoms. The topological polar surface area (TPSA) is 0 Å². The van der Waals surface area contributed by atoms with Gasteiger partial charge in [0.05, 0.1) is 0 Å². The summed E-state index contributed by atoms with van der Waals surface area (Å²) in [5.74, 6) is 0. The molecule has 0 unspecified atom stereocenters. The van der Waals surface area contributed by atoms with Crippen LogP contribution in [0, 0.1) is 0 Å². The monoisotopic (exact) mass is 735 g/mol. The Balaban J connectivity index is 0.000000383. The van der Waals surface area contributed by atoms with Gasteiger partial charge in [-0.15, -0.1) is 0 Å². The molecule has 42 heavy (non-hydrogen) atoms. The Kier molecular flexibility index (Phi) is 18.5. The molecule has 0 radical (unpaired) electrons. The van der Waals surface area contributed by atoms with Gasteiger partial charge in [-0.1, -0.05) is 182 Å². The van der Waals surface area contributed by atoms with Crippen LogP contribution in [0.25, 0.3) is 0 Å². The van der Waals surface area contributed by atoms with Crippen molar-refractivity contribution in [3.05, 3.63) is 182 Å². The Morgan fingerprint density at radius 1 is 0.214 bits per heavy atom. The molecule has 0 atom stereocenters. The van der Waals surface area contributed by atoms with Crippen LogP contribution in [0.4, 0.5) is 0 Å². The van der Waals surface area contributed by atoms with Crippen LogP contribution in [-0.2, 0) is 20.4 Å². The quantitative estimate of drug-likeness (QED) is 0.136. The maximum atomic E-state index is 2.23. The van der Waals surface area contributed by atoms with Gasteiger partial charge in [0.1, 0.15) is 0 Å². The molecule has 6 aromatic rings. The van der Waals surface area contributed by atoms with E-state index in [4.69, 9.17) is 0 Å². The Hall–Kier alpha value is -2.29. The van der Waals surface area contributed by atoms with Crippen molar-refractivity contribution in [3.8, 4) is 0 Å². The molecule has 6 aromatic carbocycles. The van der Waals surface area contributed by atoms with E-state index in [1.807, 2.05) is 0 Å². The first-order chi connectivity index (χ1) is 18.9. The van der Waals surface area contributed by atoms with E-state index in [1.54, 1.807) is 0 Å². The van der Waals surface area contributed by atoms with Crippen LogP contribution in [0.5, 0.6) is 0 Å². The zero-order valence-electron chi connectivity index (χ0n) is 22.7. The van der Waals surface area contributed by atoms with Crippen molar-refractivity contribution in [1.29, 1.82) is 0 Å². The third kappa shape index (κ3) is 10.5. The molecule has 0 aliphatic rings. The van der Waals surface area contributed by atoms with Gasteiger partial charge in [-0.25, -0.2) is 0 Å². The van der Waals surface area contributed by atoms with Gasteiger partial charge in [-0.05, 0) is 47.7 Å². The van der Waals surface area contributed by atoms with Crippen molar-refractivity contribution in [2.45, 2.75) is 0 Å². The molecule has 0 heterocycles. The average molecular weight is 737 g/mol. The van der Waals surface area contributed by atoms with Crippen LogP contribution in [0.1, 0.15) is 0 Å². The number of hydrogen-bond acceptors (Lipinski definition) is 0. The van der Waals surface area contributed by atoms with Crippen molar-refractivity contribution in [3.63, 3.8) is 0 Å². The first-order valence-corrected chi connectivity index (χ1v) is 15.5. The van der Waals surface area contributed by atoms with Crippen LogP contribution in [-0.4, -0.2) is 0 Å².